The van der Waals surface area contributed by atoms with Crippen LogP contribution in [0, 0.1) is 6.92 Å². The predicted molar refractivity (Wildman–Crippen MR) is 122 cm³/mol. The summed E-state index contributed by atoms with van der Waals surface area (Å²) in [6.07, 6.45) is 0.0378. The Morgan fingerprint density at radius 3 is 2.09 bits per heavy atom. The molecule has 1 amide bonds. The molecule has 0 saturated carbocycles. The molecule has 1 unspecified atom stereocenters. The number of hydrogen-bond donors (Lipinski definition) is 3. The van der Waals surface area contributed by atoms with Gasteiger partial charge in [-0.1, -0.05) is 60.2 Å². The summed E-state index contributed by atoms with van der Waals surface area (Å²) in [5, 5.41) is 11.6. The maximum absolute atomic E-state index is 13.0. The molecule has 0 radical (unpaired) electrons. The predicted octanol–water partition coefficient (Wildman–Crippen LogP) is 3.15. The Kier molecular flexibility index (Phi) is 7.40. The number of rotatable bonds is 9. The van der Waals surface area contributed by atoms with Gasteiger partial charge in [0.05, 0.1) is 11.3 Å². The van der Waals surface area contributed by atoms with Gasteiger partial charge in [0, 0.05) is 5.69 Å². The molecule has 0 aromatic heterocycles. The minimum Gasteiger partial charge on any atom is -0.481 e. The van der Waals surface area contributed by atoms with Crippen molar-refractivity contribution in [3.05, 3.63) is 95.6 Å². The number of carbonyl (C=O) groups is 2. The van der Waals surface area contributed by atoms with Crippen LogP contribution in [-0.4, -0.2) is 31.4 Å². The Hall–Kier alpha value is -3.49. The number of amides is 1. The van der Waals surface area contributed by atoms with Gasteiger partial charge in [0.15, 0.2) is 0 Å². The van der Waals surface area contributed by atoms with E-state index in [1.165, 1.54) is 12.1 Å². The smallest absolute Gasteiger partial charge is 0.307 e. The molecule has 0 bridgehead atoms. The van der Waals surface area contributed by atoms with Crippen molar-refractivity contribution in [3.8, 4) is 0 Å². The molecular weight excluding hydrogens is 428 g/mol. The minimum atomic E-state index is -3.93. The first kappa shape index (κ1) is 23.2. The number of carbonyl (C=O) groups excluding carboxylic acids is 1. The average Bonchev–Trinajstić information content (AvgIpc) is 2.75. The summed E-state index contributed by atoms with van der Waals surface area (Å²) in [6.45, 7) is 1.86. The molecule has 0 spiro atoms. The summed E-state index contributed by atoms with van der Waals surface area (Å²) < 4.78 is 28.3. The van der Waals surface area contributed by atoms with E-state index >= 15 is 0 Å². The normalized spacial score (nSPS) is 12.2. The fourth-order valence-electron chi connectivity index (χ4n) is 3.12. The molecule has 0 aliphatic carbocycles. The van der Waals surface area contributed by atoms with Crippen LogP contribution in [0.15, 0.2) is 83.8 Å². The fraction of sp³-hybridized carbons (Fsp3) is 0.167. The molecule has 0 aliphatic rings. The summed E-state index contributed by atoms with van der Waals surface area (Å²) in [4.78, 5) is 23.9. The number of sulfonamides is 1. The van der Waals surface area contributed by atoms with Crippen LogP contribution >= 0.6 is 0 Å². The fourth-order valence-corrected chi connectivity index (χ4v) is 4.32. The van der Waals surface area contributed by atoms with Crippen LogP contribution in [-0.2, 0) is 32.5 Å². The van der Waals surface area contributed by atoms with Gasteiger partial charge in [-0.05, 0) is 48.7 Å². The van der Waals surface area contributed by atoms with E-state index in [0.29, 0.717) is 11.3 Å². The van der Waals surface area contributed by atoms with E-state index in [4.69, 9.17) is 5.11 Å². The van der Waals surface area contributed by atoms with Gasteiger partial charge in [0.1, 0.15) is 6.04 Å². The van der Waals surface area contributed by atoms with Gasteiger partial charge < -0.3 is 10.4 Å². The standard InChI is InChI=1S/C24H24N2O5S/c1-17-7-13-21(14-8-17)32(30,31)26-22(15-18-5-3-2-4-6-18)24(29)25-20-11-9-19(10-12-20)16-23(27)28/h2-14,22,26H,15-16H2,1H3,(H,25,29)(H,27,28). The Labute approximate surface area is 187 Å². The Morgan fingerprint density at radius 2 is 1.50 bits per heavy atom. The monoisotopic (exact) mass is 452 g/mol. The van der Waals surface area contributed by atoms with Crippen LogP contribution in [0.4, 0.5) is 5.69 Å². The molecule has 3 rings (SSSR count). The first-order valence-electron chi connectivity index (χ1n) is 9.97. The third kappa shape index (κ3) is 6.50. The van der Waals surface area contributed by atoms with Crippen LogP contribution in [0.1, 0.15) is 16.7 Å². The zero-order valence-electron chi connectivity index (χ0n) is 17.5. The summed E-state index contributed by atoms with van der Waals surface area (Å²) in [7, 11) is -3.93. The third-order valence-corrected chi connectivity index (χ3v) is 6.29. The van der Waals surface area contributed by atoms with Crippen LogP contribution < -0.4 is 10.0 Å². The number of carboxylic acid groups (broad SMARTS) is 1. The van der Waals surface area contributed by atoms with E-state index < -0.39 is 27.9 Å². The summed E-state index contributed by atoms with van der Waals surface area (Å²) in [5.74, 6) is -1.47. The summed E-state index contributed by atoms with van der Waals surface area (Å²) in [5.41, 5.74) is 2.76. The Morgan fingerprint density at radius 1 is 0.875 bits per heavy atom. The van der Waals surface area contributed by atoms with E-state index in [0.717, 1.165) is 11.1 Å². The van der Waals surface area contributed by atoms with Crippen LogP contribution in [0.25, 0.3) is 0 Å². The largest absolute Gasteiger partial charge is 0.481 e. The summed E-state index contributed by atoms with van der Waals surface area (Å²) >= 11 is 0. The van der Waals surface area contributed by atoms with E-state index in [1.807, 2.05) is 37.3 Å². The topological polar surface area (TPSA) is 113 Å². The molecule has 0 heterocycles. The first-order valence-corrected chi connectivity index (χ1v) is 11.5. The molecule has 32 heavy (non-hydrogen) atoms. The summed E-state index contributed by atoms with van der Waals surface area (Å²) in [6, 6.07) is 20.8. The number of nitrogens with one attached hydrogen (secondary N) is 2. The molecular formula is C24H24N2O5S. The number of carboxylic acids is 1. The van der Waals surface area contributed by atoms with Crippen molar-refractivity contribution in [1.82, 2.24) is 4.72 Å². The Bertz CT molecular complexity index is 1180. The van der Waals surface area contributed by atoms with E-state index in [2.05, 4.69) is 10.0 Å². The highest BCUT2D eigenvalue weighted by Gasteiger charge is 2.26. The SMILES string of the molecule is Cc1ccc(S(=O)(=O)NC(Cc2ccccc2)C(=O)Nc2ccc(CC(=O)O)cc2)cc1. The van der Waals surface area contributed by atoms with Crippen molar-refractivity contribution < 1.29 is 23.1 Å². The molecule has 0 fully saturated rings. The van der Waals surface area contributed by atoms with Crippen molar-refractivity contribution >= 4 is 27.6 Å². The molecule has 8 heteroatoms. The number of benzene rings is 3. The number of aliphatic carboxylic acids is 1. The van der Waals surface area contributed by atoms with Crippen molar-refractivity contribution in [3.63, 3.8) is 0 Å². The van der Waals surface area contributed by atoms with E-state index in [9.17, 15) is 18.0 Å². The van der Waals surface area contributed by atoms with Gasteiger partial charge in [-0.2, -0.15) is 4.72 Å². The zero-order chi connectivity index (χ0) is 23.1. The molecule has 1 atom stereocenters. The molecule has 166 valence electrons. The van der Waals surface area contributed by atoms with Gasteiger partial charge in [0.25, 0.3) is 0 Å². The second-order valence-electron chi connectivity index (χ2n) is 7.43. The van der Waals surface area contributed by atoms with Gasteiger partial charge >= 0.3 is 5.97 Å². The van der Waals surface area contributed by atoms with Crippen LogP contribution in [0.5, 0.6) is 0 Å². The molecule has 0 aliphatic heterocycles. The molecule has 3 aromatic rings. The van der Waals surface area contributed by atoms with Gasteiger partial charge in [-0.3, -0.25) is 9.59 Å². The van der Waals surface area contributed by atoms with Crippen LogP contribution in [0.2, 0.25) is 0 Å². The first-order chi connectivity index (χ1) is 15.2. The zero-order valence-corrected chi connectivity index (χ0v) is 18.3. The third-order valence-electron chi connectivity index (χ3n) is 4.80. The number of aryl methyl sites for hydroxylation is 1. The van der Waals surface area contributed by atoms with E-state index in [-0.39, 0.29) is 17.7 Å². The second kappa shape index (κ2) is 10.2. The highest BCUT2D eigenvalue weighted by atomic mass is 32.2. The molecule has 0 saturated heterocycles. The van der Waals surface area contributed by atoms with Crippen LogP contribution in [0.3, 0.4) is 0 Å². The second-order valence-corrected chi connectivity index (χ2v) is 9.15. The van der Waals surface area contributed by atoms with Crippen molar-refractivity contribution in [1.29, 1.82) is 0 Å². The van der Waals surface area contributed by atoms with E-state index in [1.54, 1.807) is 36.4 Å². The molecule has 3 N–H and O–H groups in total. The lowest BCUT2D eigenvalue weighted by Gasteiger charge is -2.19. The van der Waals surface area contributed by atoms with Crippen molar-refractivity contribution in [2.24, 2.45) is 0 Å². The van der Waals surface area contributed by atoms with Crippen molar-refractivity contribution in [2.45, 2.75) is 30.7 Å². The Balaban J connectivity index is 1.81. The van der Waals surface area contributed by atoms with Gasteiger partial charge in [0.2, 0.25) is 15.9 Å². The minimum absolute atomic E-state index is 0.0759. The highest BCUT2D eigenvalue weighted by Crippen LogP contribution is 2.15. The number of anilines is 1. The van der Waals surface area contributed by atoms with Crippen molar-refractivity contribution in [2.75, 3.05) is 5.32 Å². The van der Waals surface area contributed by atoms with Gasteiger partial charge in [-0.25, -0.2) is 8.42 Å². The lowest BCUT2D eigenvalue weighted by atomic mass is 10.1. The lowest BCUT2D eigenvalue weighted by Crippen LogP contribution is -2.45. The molecule has 3 aromatic carbocycles. The quantitative estimate of drug-likeness (QED) is 0.462. The maximum Gasteiger partial charge on any atom is 0.307 e. The average molecular weight is 453 g/mol. The van der Waals surface area contributed by atoms with Gasteiger partial charge in [-0.15, -0.1) is 0 Å². The lowest BCUT2D eigenvalue weighted by molar-refractivity contribution is -0.136. The highest BCUT2D eigenvalue weighted by molar-refractivity contribution is 7.89. The molecule has 7 nitrogen and oxygen atoms in total. The number of hydrogen-bond acceptors (Lipinski definition) is 4. The maximum atomic E-state index is 13.0.